The van der Waals surface area contributed by atoms with E-state index in [-0.39, 0.29) is 17.2 Å². The van der Waals surface area contributed by atoms with E-state index in [0.717, 1.165) is 50.5 Å². The minimum absolute atomic E-state index is 0.0621. The largest absolute Gasteiger partial charge is 0.491 e. The van der Waals surface area contributed by atoms with Crippen LogP contribution in [0.3, 0.4) is 0 Å². The normalized spacial score (nSPS) is 10.9. The summed E-state index contributed by atoms with van der Waals surface area (Å²) in [4.78, 5) is 36.7. The Kier molecular flexibility index (Phi) is 10.2. The number of benzene rings is 4. The molecule has 0 aliphatic rings. The molecule has 0 aliphatic heterocycles. The number of carbonyl (C=O) groups excluding carboxylic acids is 2. The fourth-order valence-corrected chi connectivity index (χ4v) is 5.97. The molecule has 0 amide bonds. The van der Waals surface area contributed by atoms with Crippen molar-refractivity contribution in [3.63, 3.8) is 0 Å². The number of carbonyl (C=O) groups is 2. The van der Waals surface area contributed by atoms with Crippen molar-refractivity contribution in [3.05, 3.63) is 149 Å². The molecule has 0 aliphatic carbocycles. The molecular weight excluding hydrogens is 636 g/mol. The van der Waals surface area contributed by atoms with E-state index < -0.39 is 11.9 Å². The average Bonchev–Trinajstić information content (AvgIpc) is 3.10. The number of pyridine rings is 2. The van der Waals surface area contributed by atoms with Crippen molar-refractivity contribution in [2.24, 2.45) is 0 Å². The Morgan fingerprint density at radius 3 is 1.57 bits per heavy atom. The predicted octanol–water partition coefficient (Wildman–Crippen LogP) is 10.3. The van der Waals surface area contributed by atoms with E-state index in [9.17, 15) is 9.59 Å². The number of anilines is 4. The SMILES string of the molecule is Cc1cc(Nc2c(C)cccc2C(=O)OC(=O)c2cccc(C)c2Nc2cnc(-c3cccc(OC(C)C)c3)c(C)c2)cnc1-c1ccccc1. The molecule has 0 atom stereocenters. The summed E-state index contributed by atoms with van der Waals surface area (Å²) in [6.07, 6.45) is 3.51. The third kappa shape index (κ3) is 7.97. The fourth-order valence-electron chi connectivity index (χ4n) is 5.97. The smallest absolute Gasteiger partial charge is 0.348 e. The minimum Gasteiger partial charge on any atom is -0.491 e. The lowest BCUT2D eigenvalue weighted by molar-refractivity contribution is 0.0399. The maximum absolute atomic E-state index is 13.6. The third-order valence-corrected chi connectivity index (χ3v) is 8.39. The van der Waals surface area contributed by atoms with Crippen LogP contribution in [0.1, 0.15) is 56.8 Å². The number of aromatic nitrogens is 2. The molecule has 6 aromatic rings. The molecule has 8 nitrogen and oxygen atoms in total. The predicted molar refractivity (Wildman–Crippen MR) is 203 cm³/mol. The number of nitrogens with one attached hydrogen (secondary N) is 2. The summed E-state index contributed by atoms with van der Waals surface area (Å²) in [6.45, 7) is 11.7. The van der Waals surface area contributed by atoms with Crippen LogP contribution in [0.25, 0.3) is 22.5 Å². The van der Waals surface area contributed by atoms with E-state index in [1.807, 2.05) is 120 Å². The number of para-hydroxylation sites is 2. The Bertz CT molecular complexity index is 2230. The Balaban J connectivity index is 1.21. The standard InChI is InChI=1S/C43H40N4O4/c1-26(2)50-35-18-12-17-32(23-35)39-30(6)22-34(25-45-39)47-41-28(4)14-11-20-37(41)43(49)51-42(48)36-19-10-13-27(3)40(36)46-33-21-29(5)38(44-24-33)31-15-8-7-9-16-31/h7-26,46-47H,1-6H3. The van der Waals surface area contributed by atoms with Crippen LogP contribution in [0.5, 0.6) is 5.75 Å². The number of nitrogens with zero attached hydrogens (tertiary/aromatic N) is 2. The average molecular weight is 677 g/mol. The van der Waals surface area contributed by atoms with Gasteiger partial charge in [-0.2, -0.15) is 0 Å². The number of esters is 2. The van der Waals surface area contributed by atoms with E-state index in [1.165, 1.54) is 0 Å². The molecule has 0 radical (unpaired) electrons. The highest BCUT2D eigenvalue weighted by Gasteiger charge is 2.23. The summed E-state index contributed by atoms with van der Waals surface area (Å²) in [6, 6.07) is 32.3. The summed E-state index contributed by atoms with van der Waals surface area (Å²) in [5.41, 5.74) is 10.1. The summed E-state index contributed by atoms with van der Waals surface area (Å²) < 4.78 is 11.4. The lowest BCUT2D eigenvalue weighted by Gasteiger charge is -2.17. The first-order valence-electron chi connectivity index (χ1n) is 16.8. The maximum atomic E-state index is 13.6. The van der Waals surface area contributed by atoms with Crippen molar-refractivity contribution in [1.29, 1.82) is 0 Å². The van der Waals surface area contributed by atoms with E-state index >= 15 is 0 Å². The van der Waals surface area contributed by atoms with Gasteiger partial charge >= 0.3 is 11.9 Å². The summed E-state index contributed by atoms with van der Waals surface area (Å²) in [7, 11) is 0. The highest BCUT2D eigenvalue weighted by Crippen LogP contribution is 2.32. The van der Waals surface area contributed by atoms with Gasteiger partial charge in [-0.05, 0) is 100 Å². The molecule has 0 bridgehead atoms. The van der Waals surface area contributed by atoms with E-state index in [2.05, 4.69) is 15.6 Å². The quantitative estimate of drug-likeness (QED) is 0.109. The number of hydrogen-bond donors (Lipinski definition) is 2. The van der Waals surface area contributed by atoms with E-state index in [4.69, 9.17) is 14.5 Å². The van der Waals surface area contributed by atoms with Crippen LogP contribution in [-0.4, -0.2) is 28.0 Å². The van der Waals surface area contributed by atoms with Gasteiger partial charge in [-0.15, -0.1) is 0 Å². The first kappa shape index (κ1) is 34.6. The molecule has 6 rings (SSSR count). The first-order valence-corrected chi connectivity index (χ1v) is 16.8. The molecule has 8 heteroatoms. The van der Waals surface area contributed by atoms with Crippen LogP contribution in [0, 0.1) is 27.7 Å². The van der Waals surface area contributed by atoms with Gasteiger partial charge in [0.05, 0.1) is 63.8 Å². The van der Waals surface area contributed by atoms with Gasteiger partial charge in [0, 0.05) is 11.1 Å². The zero-order valence-corrected chi connectivity index (χ0v) is 29.6. The van der Waals surface area contributed by atoms with Gasteiger partial charge in [0.1, 0.15) is 5.75 Å². The molecule has 0 unspecified atom stereocenters. The molecule has 2 aromatic heterocycles. The first-order chi connectivity index (χ1) is 24.6. The van der Waals surface area contributed by atoms with Crippen LogP contribution >= 0.6 is 0 Å². The Labute approximate surface area is 298 Å². The van der Waals surface area contributed by atoms with E-state index in [0.29, 0.717) is 22.7 Å². The molecule has 0 fully saturated rings. The van der Waals surface area contributed by atoms with Gasteiger partial charge in [-0.3, -0.25) is 9.97 Å². The lowest BCUT2D eigenvalue weighted by Crippen LogP contribution is -2.16. The van der Waals surface area contributed by atoms with Crippen LogP contribution in [0.4, 0.5) is 22.7 Å². The van der Waals surface area contributed by atoms with Crippen LogP contribution in [0.2, 0.25) is 0 Å². The fraction of sp³-hybridized carbons (Fsp3) is 0.163. The molecule has 4 aromatic carbocycles. The zero-order chi connectivity index (χ0) is 36.1. The molecule has 0 saturated heterocycles. The summed E-state index contributed by atoms with van der Waals surface area (Å²) in [5, 5.41) is 6.69. The van der Waals surface area contributed by atoms with Gasteiger partial charge in [0.25, 0.3) is 0 Å². The van der Waals surface area contributed by atoms with Crippen molar-refractivity contribution < 1.29 is 19.1 Å². The molecule has 2 heterocycles. The molecule has 256 valence electrons. The van der Waals surface area contributed by atoms with E-state index in [1.54, 1.807) is 36.7 Å². The lowest BCUT2D eigenvalue weighted by atomic mass is 10.0. The van der Waals surface area contributed by atoms with Gasteiger partial charge in [0.2, 0.25) is 0 Å². The highest BCUT2D eigenvalue weighted by molar-refractivity contribution is 6.08. The minimum atomic E-state index is -0.772. The summed E-state index contributed by atoms with van der Waals surface area (Å²) >= 11 is 0. The van der Waals surface area contributed by atoms with Crippen LogP contribution in [0.15, 0.2) is 116 Å². The Morgan fingerprint density at radius 1 is 0.569 bits per heavy atom. The molecule has 51 heavy (non-hydrogen) atoms. The molecular formula is C43H40N4O4. The van der Waals surface area contributed by atoms with Crippen molar-refractivity contribution in [1.82, 2.24) is 9.97 Å². The topological polar surface area (TPSA) is 102 Å². The molecule has 0 saturated carbocycles. The Morgan fingerprint density at radius 2 is 1.06 bits per heavy atom. The van der Waals surface area contributed by atoms with Crippen molar-refractivity contribution >= 4 is 34.7 Å². The second-order valence-electron chi connectivity index (χ2n) is 12.8. The third-order valence-electron chi connectivity index (χ3n) is 8.39. The number of ether oxygens (including phenoxy) is 2. The maximum Gasteiger partial charge on any atom is 0.348 e. The van der Waals surface area contributed by atoms with Gasteiger partial charge in [-0.1, -0.05) is 66.7 Å². The number of hydrogen-bond acceptors (Lipinski definition) is 8. The number of rotatable bonds is 10. The second-order valence-corrected chi connectivity index (χ2v) is 12.8. The molecule has 2 N–H and O–H groups in total. The second kappa shape index (κ2) is 15.1. The van der Waals surface area contributed by atoms with Crippen LogP contribution < -0.4 is 15.4 Å². The zero-order valence-electron chi connectivity index (χ0n) is 29.6. The van der Waals surface area contributed by atoms with Gasteiger partial charge in [0.15, 0.2) is 0 Å². The number of aryl methyl sites for hydroxylation is 4. The summed E-state index contributed by atoms with van der Waals surface area (Å²) in [5.74, 6) is -0.761. The van der Waals surface area contributed by atoms with Gasteiger partial charge < -0.3 is 20.1 Å². The van der Waals surface area contributed by atoms with Gasteiger partial charge in [-0.25, -0.2) is 9.59 Å². The Hall–Kier alpha value is -6.28. The van der Waals surface area contributed by atoms with Crippen LogP contribution in [-0.2, 0) is 4.74 Å². The van der Waals surface area contributed by atoms with Crippen molar-refractivity contribution in [3.8, 4) is 28.3 Å². The van der Waals surface area contributed by atoms with Crippen molar-refractivity contribution in [2.75, 3.05) is 10.6 Å². The highest BCUT2D eigenvalue weighted by atomic mass is 16.6. The van der Waals surface area contributed by atoms with Crippen molar-refractivity contribution in [2.45, 2.75) is 47.6 Å². The molecule has 0 spiro atoms. The monoisotopic (exact) mass is 676 g/mol.